The van der Waals surface area contributed by atoms with Crippen LogP contribution in [0.1, 0.15) is 26.7 Å². The van der Waals surface area contributed by atoms with Crippen LogP contribution >= 0.6 is 0 Å². The number of carbonyl (C=O) groups excluding carboxylic acids is 2. The van der Waals surface area contributed by atoms with E-state index in [4.69, 9.17) is 8.94 Å². The molecule has 0 aromatic carbocycles. The lowest BCUT2D eigenvalue weighted by molar-refractivity contribution is 0.0518. The number of nitrogens with one attached hydrogen (secondary N) is 1. The Kier molecular flexibility index (Phi) is 4.79. The van der Waals surface area contributed by atoms with Crippen molar-refractivity contribution < 1.29 is 18.5 Å². The van der Waals surface area contributed by atoms with Gasteiger partial charge in [-0.15, -0.1) is 0 Å². The molecule has 9 nitrogen and oxygen atoms in total. The van der Waals surface area contributed by atoms with E-state index in [0.717, 1.165) is 0 Å². The van der Waals surface area contributed by atoms with Crippen molar-refractivity contribution >= 4 is 23.5 Å². The van der Waals surface area contributed by atoms with Gasteiger partial charge in [0.15, 0.2) is 11.6 Å². The maximum absolute atomic E-state index is 12.7. The average Bonchev–Trinajstić information content (AvgIpc) is 3.40. The maximum Gasteiger partial charge on any atom is 0.289 e. The molecule has 0 atom stereocenters. The molecule has 3 aromatic heterocycles. The minimum atomic E-state index is -0.155. The third-order valence-corrected chi connectivity index (χ3v) is 4.48. The number of hydrogen-bond donors (Lipinski definition) is 1. The first-order chi connectivity index (χ1) is 13.6. The Bertz CT molecular complexity index is 957. The van der Waals surface area contributed by atoms with Crippen LogP contribution in [0, 0.1) is 6.92 Å². The summed E-state index contributed by atoms with van der Waals surface area (Å²) in [5.41, 5.74) is 0.493. The fourth-order valence-electron chi connectivity index (χ4n) is 3.00. The second kappa shape index (κ2) is 7.55. The van der Waals surface area contributed by atoms with E-state index >= 15 is 0 Å². The Balaban J connectivity index is 1.34. The fourth-order valence-corrected chi connectivity index (χ4v) is 3.00. The van der Waals surface area contributed by atoms with E-state index in [2.05, 4.69) is 15.5 Å². The monoisotopic (exact) mass is 381 g/mol. The van der Waals surface area contributed by atoms with Gasteiger partial charge in [-0.3, -0.25) is 9.59 Å². The van der Waals surface area contributed by atoms with E-state index in [1.165, 1.54) is 12.5 Å². The van der Waals surface area contributed by atoms with E-state index in [9.17, 15) is 9.59 Å². The number of nitrogens with zero attached hydrogens (tertiary/aromatic N) is 4. The molecule has 9 heteroatoms. The van der Waals surface area contributed by atoms with Crippen molar-refractivity contribution in [2.75, 3.05) is 31.5 Å². The zero-order chi connectivity index (χ0) is 19.5. The molecular formula is C19H19N5O4. The summed E-state index contributed by atoms with van der Waals surface area (Å²) in [5, 5.41) is 6.85. The SMILES string of the molecule is Cc1cc(Nc2ccc(C(=O)N3CCN(C(=O)c4ccco4)CC3)cn2)no1. The van der Waals surface area contributed by atoms with Crippen molar-refractivity contribution in [3.05, 3.63) is 59.9 Å². The summed E-state index contributed by atoms with van der Waals surface area (Å²) in [6.07, 6.45) is 3.00. The molecule has 144 valence electrons. The summed E-state index contributed by atoms with van der Waals surface area (Å²) < 4.78 is 10.1. The van der Waals surface area contributed by atoms with Crippen LogP contribution in [0.3, 0.4) is 0 Å². The molecule has 0 radical (unpaired) electrons. The zero-order valence-electron chi connectivity index (χ0n) is 15.3. The smallest absolute Gasteiger partial charge is 0.289 e. The number of aromatic nitrogens is 2. The molecule has 0 spiro atoms. The molecule has 0 aliphatic carbocycles. The number of anilines is 2. The van der Waals surface area contributed by atoms with Gasteiger partial charge >= 0.3 is 0 Å². The number of carbonyl (C=O) groups is 2. The molecule has 1 fully saturated rings. The van der Waals surface area contributed by atoms with E-state index < -0.39 is 0 Å². The number of furan rings is 1. The number of pyridine rings is 1. The van der Waals surface area contributed by atoms with Crippen LogP contribution in [0.4, 0.5) is 11.6 Å². The first-order valence-electron chi connectivity index (χ1n) is 8.88. The van der Waals surface area contributed by atoms with E-state index in [-0.39, 0.29) is 11.8 Å². The van der Waals surface area contributed by atoms with Crippen LogP contribution in [0.25, 0.3) is 0 Å². The van der Waals surface area contributed by atoms with Crippen LogP contribution in [-0.2, 0) is 0 Å². The molecule has 0 saturated carbocycles. The summed E-state index contributed by atoms with van der Waals surface area (Å²) in [7, 11) is 0. The van der Waals surface area contributed by atoms with Gasteiger partial charge in [0.1, 0.15) is 11.6 Å². The number of piperazine rings is 1. The number of rotatable bonds is 4. The van der Waals surface area contributed by atoms with Crippen molar-refractivity contribution in [2.45, 2.75) is 6.92 Å². The highest BCUT2D eigenvalue weighted by molar-refractivity contribution is 5.95. The van der Waals surface area contributed by atoms with Gasteiger partial charge in [-0.1, -0.05) is 5.16 Å². The quantitative estimate of drug-likeness (QED) is 0.739. The van der Waals surface area contributed by atoms with Crippen molar-refractivity contribution in [2.24, 2.45) is 0 Å². The van der Waals surface area contributed by atoms with E-state index in [1.807, 2.05) is 0 Å². The first kappa shape index (κ1) is 17.8. The molecule has 0 unspecified atom stereocenters. The van der Waals surface area contributed by atoms with Gasteiger partial charge in [-0.25, -0.2) is 4.98 Å². The van der Waals surface area contributed by atoms with Crippen LogP contribution in [0.15, 0.2) is 51.7 Å². The van der Waals surface area contributed by atoms with E-state index in [1.54, 1.807) is 47.1 Å². The highest BCUT2D eigenvalue weighted by atomic mass is 16.5. The molecule has 4 heterocycles. The molecule has 1 aliphatic rings. The molecule has 1 N–H and O–H groups in total. The van der Waals surface area contributed by atoms with E-state index in [0.29, 0.717) is 54.9 Å². The molecular weight excluding hydrogens is 362 g/mol. The molecule has 0 bridgehead atoms. The minimum absolute atomic E-state index is 0.110. The van der Waals surface area contributed by atoms with Gasteiger partial charge in [-0.2, -0.15) is 0 Å². The van der Waals surface area contributed by atoms with Crippen LogP contribution in [-0.4, -0.2) is 57.9 Å². The minimum Gasteiger partial charge on any atom is -0.459 e. The Morgan fingerprint density at radius 2 is 1.79 bits per heavy atom. The Hall–Kier alpha value is -3.62. The lowest BCUT2D eigenvalue weighted by Crippen LogP contribution is -2.50. The van der Waals surface area contributed by atoms with Crippen LogP contribution < -0.4 is 5.32 Å². The molecule has 4 rings (SSSR count). The molecule has 2 amide bonds. The lowest BCUT2D eigenvalue weighted by Gasteiger charge is -2.34. The molecule has 28 heavy (non-hydrogen) atoms. The first-order valence-corrected chi connectivity index (χ1v) is 8.88. The van der Waals surface area contributed by atoms with Crippen molar-refractivity contribution in [3.8, 4) is 0 Å². The van der Waals surface area contributed by atoms with Gasteiger partial charge in [0.25, 0.3) is 11.8 Å². The molecule has 1 saturated heterocycles. The second-order valence-corrected chi connectivity index (χ2v) is 6.44. The highest BCUT2D eigenvalue weighted by Gasteiger charge is 2.26. The van der Waals surface area contributed by atoms with Gasteiger partial charge in [0, 0.05) is 38.4 Å². The highest BCUT2D eigenvalue weighted by Crippen LogP contribution is 2.16. The van der Waals surface area contributed by atoms with Crippen LogP contribution in [0.2, 0.25) is 0 Å². The fraction of sp³-hybridized carbons (Fsp3) is 0.263. The van der Waals surface area contributed by atoms with Gasteiger partial charge < -0.3 is 24.1 Å². The van der Waals surface area contributed by atoms with Gasteiger partial charge in [0.2, 0.25) is 0 Å². The predicted molar refractivity (Wildman–Crippen MR) is 99.3 cm³/mol. The van der Waals surface area contributed by atoms with Crippen LogP contribution in [0.5, 0.6) is 0 Å². The Labute approximate surface area is 160 Å². The normalized spacial score (nSPS) is 14.2. The summed E-state index contributed by atoms with van der Waals surface area (Å²) in [6.45, 7) is 3.65. The molecule has 3 aromatic rings. The van der Waals surface area contributed by atoms with Crippen molar-refractivity contribution in [1.82, 2.24) is 19.9 Å². The van der Waals surface area contributed by atoms with Gasteiger partial charge in [-0.05, 0) is 31.2 Å². The lowest BCUT2D eigenvalue weighted by atomic mass is 10.2. The maximum atomic E-state index is 12.7. The second-order valence-electron chi connectivity index (χ2n) is 6.44. The third-order valence-electron chi connectivity index (χ3n) is 4.48. The zero-order valence-corrected chi connectivity index (χ0v) is 15.3. The summed E-state index contributed by atoms with van der Waals surface area (Å²) in [4.78, 5) is 32.7. The topological polar surface area (TPSA) is 105 Å². The number of aryl methyl sites for hydroxylation is 1. The third kappa shape index (κ3) is 3.73. The standard InChI is InChI=1S/C19H19N5O4/c1-13-11-17(22-28-13)21-16-5-4-14(12-20-16)18(25)23-6-8-24(9-7-23)19(26)15-3-2-10-27-15/h2-5,10-12H,6-9H2,1H3,(H,20,21,22). The van der Waals surface area contributed by atoms with Gasteiger partial charge in [0.05, 0.1) is 11.8 Å². The Morgan fingerprint density at radius 3 is 2.36 bits per heavy atom. The summed E-state index contributed by atoms with van der Waals surface area (Å²) in [5.74, 6) is 1.87. The number of amides is 2. The van der Waals surface area contributed by atoms with Crippen molar-refractivity contribution in [3.63, 3.8) is 0 Å². The predicted octanol–water partition coefficient (Wildman–Crippen LogP) is 2.31. The summed E-state index contributed by atoms with van der Waals surface area (Å²) >= 11 is 0. The van der Waals surface area contributed by atoms with Crippen molar-refractivity contribution in [1.29, 1.82) is 0 Å². The largest absolute Gasteiger partial charge is 0.459 e. The summed E-state index contributed by atoms with van der Waals surface area (Å²) in [6, 6.07) is 8.51. The number of hydrogen-bond acceptors (Lipinski definition) is 7. The molecule has 1 aliphatic heterocycles. The average molecular weight is 381 g/mol. The Morgan fingerprint density at radius 1 is 1.04 bits per heavy atom.